The van der Waals surface area contributed by atoms with Gasteiger partial charge in [0, 0.05) is 32.7 Å². The summed E-state index contributed by atoms with van der Waals surface area (Å²) in [5, 5.41) is 2.94. The van der Waals surface area contributed by atoms with Gasteiger partial charge in [-0.2, -0.15) is 0 Å². The van der Waals surface area contributed by atoms with Crippen LogP contribution in [0.25, 0.3) is 0 Å². The summed E-state index contributed by atoms with van der Waals surface area (Å²) in [4.78, 5) is 14.2. The summed E-state index contributed by atoms with van der Waals surface area (Å²) in [5.74, 6) is 0.0273. The van der Waals surface area contributed by atoms with Crippen LogP contribution in [0.1, 0.15) is 0 Å². The highest BCUT2D eigenvalue weighted by Crippen LogP contribution is 2.25. The van der Waals surface area contributed by atoms with Gasteiger partial charge in [-0.25, -0.2) is 0 Å². The van der Waals surface area contributed by atoms with E-state index >= 15 is 0 Å². The highest BCUT2D eigenvalue weighted by molar-refractivity contribution is 5.84. The van der Waals surface area contributed by atoms with Crippen molar-refractivity contribution in [3.63, 3.8) is 0 Å². The monoisotopic (exact) mass is 243 g/mol. The van der Waals surface area contributed by atoms with Crippen molar-refractivity contribution in [1.29, 1.82) is 0 Å². The average molecular weight is 243 g/mol. The number of carbonyl (C=O) groups is 1. The Morgan fingerprint density at radius 2 is 2.00 bits per heavy atom. The molecule has 0 spiro atoms. The van der Waals surface area contributed by atoms with Crippen LogP contribution in [0.2, 0.25) is 0 Å². The molecule has 0 bridgehead atoms. The summed E-state index contributed by atoms with van der Waals surface area (Å²) < 4.78 is 10.3. The Bertz CT molecular complexity index is 257. The van der Waals surface area contributed by atoms with Gasteiger partial charge in [-0.1, -0.05) is 0 Å². The molecule has 0 aromatic carbocycles. The Labute approximate surface area is 101 Å². The molecule has 0 saturated carbocycles. The van der Waals surface area contributed by atoms with Crippen molar-refractivity contribution >= 4 is 5.91 Å². The van der Waals surface area contributed by atoms with Crippen LogP contribution in [0.4, 0.5) is 0 Å². The van der Waals surface area contributed by atoms with E-state index in [-0.39, 0.29) is 5.91 Å². The second-order valence-corrected chi connectivity index (χ2v) is 4.69. The molecule has 0 aliphatic carbocycles. The summed E-state index contributed by atoms with van der Waals surface area (Å²) in [7, 11) is 0. The van der Waals surface area contributed by atoms with Gasteiger partial charge in [-0.05, 0) is 0 Å². The lowest BCUT2D eigenvalue weighted by Gasteiger charge is -2.38. The van der Waals surface area contributed by atoms with E-state index in [1.54, 1.807) is 0 Å². The second kappa shape index (κ2) is 5.77. The van der Waals surface area contributed by atoms with E-state index in [1.165, 1.54) is 0 Å². The third-order valence-corrected chi connectivity index (χ3v) is 3.45. The molecule has 6 heteroatoms. The maximum atomic E-state index is 11.9. The number of nitrogens with one attached hydrogen (secondary N) is 1. The minimum Gasteiger partial charge on any atom is -0.379 e. The molecule has 1 amide bonds. The van der Waals surface area contributed by atoms with Crippen molar-refractivity contribution in [2.45, 2.75) is 0 Å². The zero-order valence-electron chi connectivity index (χ0n) is 10.1. The molecular formula is C11H21N3O3. The molecule has 0 unspecified atom stereocenters. The number of hydrogen-bond donors (Lipinski definition) is 2. The number of nitrogens with zero attached hydrogens (tertiary/aromatic N) is 1. The summed E-state index contributed by atoms with van der Waals surface area (Å²) in [6, 6.07) is 0. The Balaban J connectivity index is 1.65. The zero-order valence-corrected chi connectivity index (χ0v) is 10.1. The molecule has 2 fully saturated rings. The quantitative estimate of drug-likeness (QED) is 0.609. The lowest BCUT2D eigenvalue weighted by Crippen LogP contribution is -2.58. The standard InChI is InChI=1S/C11H21N3O3/c12-7-11(8-17-9-11)10(15)13-1-2-14-3-5-16-6-4-14/h1-9,12H2,(H,13,15). The topological polar surface area (TPSA) is 76.8 Å². The van der Waals surface area contributed by atoms with Crippen LogP contribution in [-0.2, 0) is 14.3 Å². The van der Waals surface area contributed by atoms with Crippen molar-refractivity contribution in [2.75, 3.05) is 59.2 Å². The fourth-order valence-corrected chi connectivity index (χ4v) is 2.03. The van der Waals surface area contributed by atoms with Gasteiger partial charge in [0.1, 0.15) is 5.41 Å². The van der Waals surface area contributed by atoms with Gasteiger partial charge in [-0.3, -0.25) is 9.69 Å². The maximum Gasteiger partial charge on any atom is 0.232 e. The number of rotatable bonds is 5. The summed E-state index contributed by atoms with van der Waals surface area (Å²) in [5.41, 5.74) is 5.15. The predicted molar refractivity (Wildman–Crippen MR) is 62.6 cm³/mol. The molecule has 0 atom stereocenters. The second-order valence-electron chi connectivity index (χ2n) is 4.69. The van der Waals surface area contributed by atoms with Gasteiger partial charge >= 0.3 is 0 Å². The van der Waals surface area contributed by atoms with Crippen LogP contribution in [0.5, 0.6) is 0 Å². The lowest BCUT2D eigenvalue weighted by molar-refractivity contribution is -0.159. The molecule has 0 radical (unpaired) electrons. The van der Waals surface area contributed by atoms with Crippen LogP contribution in [0.15, 0.2) is 0 Å². The number of nitrogens with two attached hydrogens (primary N) is 1. The van der Waals surface area contributed by atoms with Gasteiger partial charge < -0.3 is 20.5 Å². The normalized spacial score (nSPS) is 24.1. The molecule has 2 aliphatic rings. The molecular weight excluding hydrogens is 222 g/mol. The van der Waals surface area contributed by atoms with E-state index in [0.717, 1.165) is 32.8 Å². The van der Waals surface area contributed by atoms with Crippen molar-refractivity contribution < 1.29 is 14.3 Å². The van der Waals surface area contributed by atoms with Crippen molar-refractivity contribution in [3.8, 4) is 0 Å². The zero-order chi connectivity index (χ0) is 12.1. The van der Waals surface area contributed by atoms with Crippen molar-refractivity contribution in [3.05, 3.63) is 0 Å². The van der Waals surface area contributed by atoms with Crippen LogP contribution >= 0.6 is 0 Å². The Morgan fingerprint density at radius 1 is 1.29 bits per heavy atom. The summed E-state index contributed by atoms with van der Waals surface area (Å²) in [6.45, 7) is 6.26. The largest absolute Gasteiger partial charge is 0.379 e. The first-order valence-electron chi connectivity index (χ1n) is 6.13. The first kappa shape index (κ1) is 12.8. The van der Waals surface area contributed by atoms with E-state index in [4.69, 9.17) is 15.2 Å². The highest BCUT2D eigenvalue weighted by atomic mass is 16.5. The van der Waals surface area contributed by atoms with Gasteiger partial charge in [0.2, 0.25) is 5.91 Å². The molecule has 98 valence electrons. The summed E-state index contributed by atoms with van der Waals surface area (Å²) >= 11 is 0. The molecule has 2 saturated heterocycles. The first-order chi connectivity index (χ1) is 8.27. The maximum absolute atomic E-state index is 11.9. The van der Waals surface area contributed by atoms with Crippen molar-refractivity contribution in [1.82, 2.24) is 10.2 Å². The summed E-state index contributed by atoms with van der Waals surface area (Å²) in [6.07, 6.45) is 0. The highest BCUT2D eigenvalue weighted by Gasteiger charge is 2.44. The Morgan fingerprint density at radius 3 is 2.53 bits per heavy atom. The van der Waals surface area contributed by atoms with Crippen LogP contribution < -0.4 is 11.1 Å². The van der Waals surface area contributed by atoms with E-state index in [2.05, 4.69) is 10.2 Å². The van der Waals surface area contributed by atoms with Gasteiger partial charge in [0.15, 0.2) is 0 Å². The van der Waals surface area contributed by atoms with E-state index in [1.807, 2.05) is 0 Å². The van der Waals surface area contributed by atoms with Crippen LogP contribution in [-0.4, -0.2) is 70.0 Å². The molecule has 3 N–H and O–H groups in total. The van der Waals surface area contributed by atoms with Gasteiger partial charge in [-0.15, -0.1) is 0 Å². The van der Waals surface area contributed by atoms with Gasteiger partial charge in [0.05, 0.1) is 26.4 Å². The van der Waals surface area contributed by atoms with Gasteiger partial charge in [0.25, 0.3) is 0 Å². The van der Waals surface area contributed by atoms with Crippen LogP contribution in [0, 0.1) is 5.41 Å². The van der Waals surface area contributed by atoms with Crippen LogP contribution in [0.3, 0.4) is 0 Å². The molecule has 2 rings (SSSR count). The number of hydrogen-bond acceptors (Lipinski definition) is 5. The molecule has 6 nitrogen and oxygen atoms in total. The van der Waals surface area contributed by atoms with E-state index in [9.17, 15) is 4.79 Å². The Hall–Kier alpha value is -0.690. The lowest BCUT2D eigenvalue weighted by atomic mass is 9.85. The number of ether oxygens (including phenoxy) is 2. The SMILES string of the molecule is NCC1(C(=O)NCCN2CCOCC2)COC1. The van der Waals surface area contributed by atoms with Crippen molar-refractivity contribution in [2.24, 2.45) is 11.1 Å². The smallest absolute Gasteiger partial charge is 0.232 e. The fraction of sp³-hybridized carbons (Fsp3) is 0.909. The minimum absolute atomic E-state index is 0.0273. The molecule has 2 heterocycles. The first-order valence-corrected chi connectivity index (χ1v) is 6.13. The molecule has 0 aromatic rings. The number of amides is 1. The predicted octanol–water partition coefficient (Wildman–Crippen LogP) is -1.59. The van der Waals surface area contributed by atoms with E-state index < -0.39 is 5.41 Å². The molecule has 2 aliphatic heterocycles. The molecule has 0 aromatic heterocycles. The third kappa shape index (κ3) is 2.95. The average Bonchev–Trinajstić information content (AvgIpc) is 2.30. The third-order valence-electron chi connectivity index (χ3n) is 3.45. The number of carbonyl (C=O) groups excluding carboxylic acids is 1. The number of morpholine rings is 1. The Kier molecular flexibility index (Phi) is 4.33. The minimum atomic E-state index is -0.467. The fourth-order valence-electron chi connectivity index (χ4n) is 2.03. The van der Waals surface area contributed by atoms with E-state index in [0.29, 0.717) is 26.3 Å². The molecule has 17 heavy (non-hydrogen) atoms.